The lowest BCUT2D eigenvalue weighted by molar-refractivity contribution is 0.320. The summed E-state index contributed by atoms with van der Waals surface area (Å²) in [5.41, 5.74) is 2.29. The summed E-state index contributed by atoms with van der Waals surface area (Å²) in [5, 5.41) is 3.41. The van der Waals surface area contributed by atoms with Gasteiger partial charge in [-0.2, -0.15) is 0 Å². The van der Waals surface area contributed by atoms with Crippen LogP contribution in [0.1, 0.15) is 32.0 Å². The van der Waals surface area contributed by atoms with E-state index in [0.717, 1.165) is 24.4 Å². The van der Waals surface area contributed by atoms with Gasteiger partial charge in [-0.05, 0) is 44.5 Å². The smallest absolute Gasteiger partial charge is 0.137 e. The summed E-state index contributed by atoms with van der Waals surface area (Å²) in [4.78, 5) is 8.49. The number of nitrogens with zero attached hydrogens (tertiary/aromatic N) is 2. The Kier molecular flexibility index (Phi) is 5.28. The minimum atomic E-state index is 0.0978. The van der Waals surface area contributed by atoms with Gasteiger partial charge in [-0.15, -0.1) is 0 Å². The molecular weight excluding hydrogens is 262 g/mol. The lowest BCUT2D eigenvalue weighted by Gasteiger charge is -2.20. The number of rotatable bonds is 6. The predicted octanol–water partition coefficient (Wildman–Crippen LogP) is 2.99. The first-order valence-electron chi connectivity index (χ1n) is 7.25. The van der Waals surface area contributed by atoms with Crippen molar-refractivity contribution in [1.82, 2.24) is 15.3 Å². The van der Waals surface area contributed by atoms with E-state index in [0.29, 0.717) is 6.61 Å². The third-order valence-electron chi connectivity index (χ3n) is 2.98. The highest BCUT2D eigenvalue weighted by Gasteiger charge is 2.08. The van der Waals surface area contributed by atoms with Crippen molar-refractivity contribution in [3.63, 3.8) is 0 Å². The van der Waals surface area contributed by atoms with E-state index in [1.165, 1.54) is 5.56 Å². The Hall–Kier alpha value is -1.94. The van der Waals surface area contributed by atoms with Gasteiger partial charge in [-0.1, -0.05) is 6.07 Å². The van der Waals surface area contributed by atoms with E-state index in [1.54, 1.807) is 12.4 Å². The zero-order valence-electron chi connectivity index (χ0n) is 13.0. The van der Waals surface area contributed by atoms with Crippen molar-refractivity contribution in [1.29, 1.82) is 0 Å². The molecule has 4 heteroatoms. The van der Waals surface area contributed by atoms with Crippen molar-refractivity contribution in [3.8, 4) is 5.75 Å². The topological polar surface area (TPSA) is 47.0 Å². The molecule has 0 fully saturated rings. The van der Waals surface area contributed by atoms with Gasteiger partial charge in [0.1, 0.15) is 5.75 Å². The second-order valence-corrected chi connectivity index (χ2v) is 6.05. The minimum Gasteiger partial charge on any atom is -0.492 e. The summed E-state index contributed by atoms with van der Waals surface area (Å²) >= 11 is 0. The standard InChI is InChI=1S/C17H23N3O/c1-17(2,3)20-12-15-6-7-16(13-19-15)21-10-8-14-5-4-9-18-11-14/h4-7,9,11,13,20H,8,10,12H2,1-3H3. The van der Waals surface area contributed by atoms with Gasteiger partial charge in [0.15, 0.2) is 0 Å². The molecule has 1 N–H and O–H groups in total. The molecule has 0 atom stereocenters. The molecule has 2 rings (SSSR count). The lowest BCUT2D eigenvalue weighted by atomic mass is 10.1. The van der Waals surface area contributed by atoms with Crippen LogP contribution in [0.3, 0.4) is 0 Å². The molecule has 0 unspecified atom stereocenters. The Morgan fingerprint density at radius 1 is 1.14 bits per heavy atom. The first-order chi connectivity index (χ1) is 10.0. The molecule has 2 aromatic heterocycles. The fraction of sp³-hybridized carbons (Fsp3) is 0.412. The molecule has 21 heavy (non-hydrogen) atoms. The number of nitrogens with one attached hydrogen (secondary N) is 1. The van der Waals surface area contributed by atoms with Gasteiger partial charge in [0, 0.05) is 30.9 Å². The Morgan fingerprint density at radius 2 is 2.00 bits per heavy atom. The van der Waals surface area contributed by atoms with Gasteiger partial charge in [0.2, 0.25) is 0 Å². The second-order valence-electron chi connectivity index (χ2n) is 6.05. The molecule has 0 saturated heterocycles. The SMILES string of the molecule is CC(C)(C)NCc1ccc(OCCc2cccnc2)cn1. The molecule has 2 heterocycles. The van der Waals surface area contributed by atoms with Gasteiger partial charge < -0.3 is 10.1 Å². The van der Waals surface area contributed by atoms with Crippen LogP contribution in [0.5, 0.6) is 5.75 Å². The van der Waals surface area contributed by atoms with E-state index in [9.17, 15) is 0 Å². The summed E-state index contributed by atoms with van der Waals surface area (Å²) in [6, 6.07) is 7.96. The van der Waals surface area contributed by atoms with E-state index < -0.39 is 0 Å². The third-order valence-corrected chi connectivity index (χ3v) is 2.98. The van der Waals surface area contributed by atoms with Crippen molar-refractivity contribution in [2.45, 2.75) is 39.3 Å². The molecule has 2 aromatic rings. The van der Waals surface area contributed by atoms with Gasteiger partial charge in [0.05, 0.1) is 18.5 Å². The largest absolute Gasteiger partial charge is 0.492 e. The van der Waals surface area contributed by atoms with E-state index in [4.69, 9.17) is 4.74 Å². The maximum atomic E-state index is 5.70. The average molecular weight is 285 g/mol. The monoisotopic (exact) mass is 285 g/mol. The molecule has 0 bridgehead atoms. The van der Waals surface area contributed by atoms with Crippen molar-refractivity contribution in [2.75, 3.05) is 6.61 Å². The maximum Gasteiger partial charge on any atom is 0.137 e. The summed E-state index contributed by atoms with van der Waals surface area (Å²) in [6.07, 6.45) is 6.27. The van der Waals surface area contributed by atoms with Crippen LogP contribution in [-0.2, 0) is 13.0 Å². The van der Waals surface area contributed by atoms with Crippen LogP contribution in [0.2, 0.25) is 0 Å². The fourth-order valence-electron chi connectivity index (χ4n) is 1.79. The zero-order valence-corrected chi connectivity index (χ0v) is 13.0. The first kappa shape index (κ1) is 15.4. The number of hydrogen-bond donors (Lipinski definition) is 1. The number of hydrogen-bond acceptors (Lipinski definition) is 4. The molecule has 0 aliphatic carbocycles. The highest BCUT2D eigenvalue weighted by molar-refractivity contribution is 5.20. The Labute approximate surface area is 126 Å². The quantitative estimate of drug-likeness (QED) is 0.886. The minimum absolute atomic E-state index is 0.0978. The average Bonchev–Trinajstić information content (AvgIpc) is 2.47. The Bertz CT molecular complexity index is 532. The van der Waals surface area contributed by atoms with E-state index in [1.807, 2.05) is 24.4 Å². The fourth-order valence-corrected chi connectivity index (χ4v) is 1.79. The summed E-state index contributed by atoms with van der Waals surface area (Å²) in [5.74, 6) is 0.804. The van der Waals surface area contributed by atoms with E-state index in [-0.39, 0.29) is 5.54 Å². The van der Waals surface area contributed by atoms with Crippen molar-refractivity contribution in [3.05, 3.63) is 54.1 Å². The van der Waals surface area contributed by atoms with E-state index >= 15 is 0 Å². The maximum absolute atomic E-state index is 5.70. The highest BCUT2D eigenvalue weighted by Crippen LogP contribution is 2.11. The van der Waals surface area contributed by atoms with Crippen LogP contribution in [0.4, 0.5) is 0 Å². The predicted molar refractivity (Wildman–Crippen MR) is 84.3 cm³/mol. The summed E-state index contributed by atoms with van der Waals surface area (Å²) < 4.78 is 5.70. The van der Waals surface area contributed by atoms with Gasteiger partial charge in [0.25, 0.3) is 0 Å². The normalized spacial score (nSPS) is 11.4. The number of aromatic nitrogens is 2. The van der Waals surface area contributed by atoms with Crippen LogP contribution < -0.4 is 10.1 Å². The van der Waals surface area contributed by atoms with Crippen LogP contribution in [0.25, 0.3) is 0 Å². The molecule has 0 saturated carbocycles. The number of pyridine rings is 2. The van der Waals surface area contributed by atoms with Gasteiger partial charge in [-0.25, -0.2) is 0 Å². The Balaban J connectivity index is 1.77. The molecule has 0 radical (unpaired) electrons. The molecule has 112 valence electrons. The molecular formula is C17H23N3O. The van der Waals surface area contributed by atoms with Crippen molar-refractivity contribution >= 4 is 0 Å². The summed E-state index contributed by atoms with van der Waals surface area (Å²) in [6.45, 7) is 7.82. The molecule has 0 aromatic carbocycles. The van der Waals surface area contributed by atoms with Crippen LogP contribution in [0.15, 0.2) is 42.9 Å². The molecule has 0 spiro atoms. The molecule has 0 amide bonds. The highest BCUT2D eigenvalue weighted by atomic mass is 16.5. The van der Waals surface area contributed by atoms with Crippen LogP contribution >= 0.6 is 0 Å². The second kappa shape index (κ2) is 7.18. The Morgan fingerprint density at radius 3 is 2.62 bits per heavy atom. The van der Waals surface area contributed by atoms with Crippen molar-refractivity contribution in [2.24, 2.45) is 0 Å². The van der Waals surface area contributed by atoms with E-state index in [2.05, 4.69) is 42.1 Å². The third kappa shape index (κ3) is 5.92. The van der Waals surface area contributed by atoms with Gasteiger partial charge in [-0.3, -0.25) is 9.97 Å². The van der Waals surface area contributed by atoms with Crippen LogP contribution in [-0.4, -0.2) is 22.1 Å². The number of ether oxygens (including phenoxy) is 1. The van der Waals surface area contributed by atoms with Crippen LogP contribution in [0, 0.1) is 0 Å². The van der Waals surface area contributed by atoms with Gasteiger partial charge >= 0.3 is 0 Å². The molecule has 4 nitrogen and oxygen atoms in total. The lowest BCUT2D eigenvalue weighted by Crippen LogP contribution is -2.35. The van der Waals surface area contributed by atoms with Crippen molar-refractivity contribution < 1.29 is 4.74 Å². The molecule has 0 aliphatic rings. The molecule has 0 aliphatic heterocycles. The summed E-state index contributed by atoms with van der Waals surface area (Å²) in [7, 11) is 0. The first-order valence-corrected chi connectivity index (χ1v) is 7.25. The zero-order chi connectivity index (χ0) is 15.1.